The van der Waals surface area contributed by atoms with Crippen LogP contribution in [0.4, 0.5) is 0 Å². The maximum Gasteiger partial charge on any atom is 0.257 e. The summed E-state index contributed by atoms with van der Waals surface area (Å²) in [4.78, 5) is 11.8. The molecule has 0 aliphatic rings. The Balaban J connectivity index is 2.68. The van der Waals surface area contributed by atoms with Gasteiger partial charge < -0.3 is 15.4 Å². The van der Waals surface area contributed by atoms with Gasteiger partial charge in [0.25, 0.3) is 5.91 Å². The fraction of sp³-hybridized carbons (Fsp3) is 0.588. The summed E-state index contributed by atoms with van der Waals surface area (Å²) in [5, 5.41) is 6.23. The van der Waals surface area contributed by atoms with E-state index in [2.05, 4.69) is 50.5 Å². The second kappa shape index (κ2) is 8.67. The highest BCUT2D eigenvalue weighted by Gasteiger charge is 2.12. The van der Waals surface area contributed by atoms with Crippen molar-refractivity contribution in [3.8, 4) is 5.75 Å². The highest BCUT2D eigenvalue weighted by molar-refractivity contribution is 5.77. The molecule has 0 aliphatic heterocycles. The van der Waals surface area contributed by atoms with Gasteiger partial charge in [-0.05, 0) is 37.9 Å². The third-order valence-electron chi connectivity index (χ3n) is 3.21. The minimum atomic E-state index is -0.0766. The lowest BCUT2D eigenvalue weighted by Gasteiger charge is -2.18. The lowest BCUT2D eigenvalue weighted by molar-refractivity contribution is -0.123. The van der Waals surface area contributed by atoms with Crippen molar-refractivity contribution in [2.45, 2.75) is 40.7 Å². The number of amides is 1. The van der Waals surface area contributed by atoms with Gasteiger partial charge in [0.15, 0.2) is 6.61 Å². The molecule has 0 aliphatic carbocycles. The van der Waals surface area contributed by atoms with Crippen LogP contribution >= 0.6 is 0 Å². The Kier molecular flexibility index (Phi) is 7.23. The average molecular weight is 292 g/mol. The smallest absolute Gasteiger partial charge is 0.257 e. The van der Waals surface area contributed by atoms with E-state index in [9.17, 15) is 4.79 Å². The fourth-order valence-corrected chi connectivity index (χ4v) is 2.05. The Bertz CT molecular complexity index is 458. The maximum atomic E-state index is 11.8. The normalized spacial score (nSPS) is 12.3. The summed E-state index contributed by atoms with van der Waals surface area (Å²) in [6.07, 6.45) is 0. The molecule has 1 aromatic rings. The number of benzene rings is 1. The van der Waals surface area contributed by atoms with Gasteiger partial charge in [-0.15, -0.1) is 0 Å². The molecule has 0 aromatic heterocycles. The summed E-state index contributed by atoms with van der Waals surface area (Å²) in [6, 6.07) is 6.31. The SMILES string of the molecule is CCNC(C)c1ccc(C)cc1OCC(=O)NCC(C)C. The van der Waals surface area contributed by atoms with Crippen LogP contribution in [-0.2, 0) is 4.79 Å². The summed E-state index contributed by atoms with van der Waals surface area (Å²) in [5.41, 5.74) is 2.21. The fourth-order valence-electron chi connectivity index (χ4n) is 2.05. The van der Waals surface area contributed by atoms with Crippen molar-refractivity contribution in [3.05, 3.63) is 29.3 Å². The summed E-state index contributed by atoms with van der Waals surface area (Å²) >= 11 is 0. The van der Waals surface area contributed by atoms with Gasteiger partial charge in [-0.25, -0.2) is 0 Å². The quantitative estimate of drug-likeness (QED) is 0.774. The van der Waals surface area contributed by atoms with E-state index in [0.29, 0.717) is 12.5 Å². The number of hydrogen-bond acceptors (Lipinski definition) is 3. The maximum absolute atomic E-state index is 11.8. The van der Waals surface area contributed by atoms with Gasteiger partial charge in [-0.3, -0.25) is 4.79 Å². The van der Waals surface area contributed by atoms with Crippen LogP contribution in [0.25, 0.3) is 0 Å². The topological polar surface area (TPSA) is 50.4 Å². The monoisotopic (exact) mass is 292 g/mol. The number of hydrogen-bond donors (Lipinski definition) is 2. The Morgan fingerprint density at radius 1 is 1.29 bits per heavy atom. The van der Waals surface area contributed by atoms with Crippen molar-refractivity contribution in [2.75, 3.05) is 19.7 Å². The molecular formula is C17H28N2O2. The van der Waals surface area contributed by atoms with E-state index in [0.717, 1.165) is 23.4 Å². The van der Waals surface area contributed by atoms with Crippen LogP contribution < -0.4 is 15.4 Å². The molecule has 1 unspecified atom stereocenters. The molecule has 1 rings (SSSR count). The van der Waals surface area contributed by atoms with Crippen molar-refractivity contribution in [3.63, 3.8) is 0 Å². The number of carbonyl (C=O) groups is 1. The van der Waals surface area contributed by atoms with Gasteiger partial charge in [0.1, 0.15) is 5.75 Å². The van der Waals surface area contributed by atoms with E-state index in [1.165, 1.54) is 0 Å². The molecule has 0 heterocycles. The first-order valence-corrected chi connectivity index (χ1v) is 7.67. The highest BCUT2D eigenvalue weighted by Crippen LogP contribution is 2.26. The number of rotatable bonds is 8. The molecule has 0 bridgehead atoms. The first kappa shape index (κ1) is 17.5. The highest BCUT2D eigenvalue weighted by atomic mass is 16.5. The van der Waals surface area contributed by atoms with E-state index >= 15 is 0 Å². The number of nitrogens with one attached hydrogen (secondary N) is 2. The molecule has 4 heteroatoms. The van der Waals surface area contributed by atoms with Crippen molar-refractivity contribution in [1.29, 1.82) is 0 Å². The Morgan fingerprint density at radius 3 is 2.62 bits per heavy atom. The van der Waals surface area contributed by atoms with Gasteiger partial charge in [-0.2, -0.15) is 0 Å². The third-order valence-corrected chi connectivity index (χ3v) is 3.21. The standard InChI is InChI=1S/C17H28N2O2/c1-6-18-14(5)15-8-7-13(4)9-16(15)21-11-17(20)19-10-12(2)3/h7-9,12,14,18H,6,10-11H2,1-5H3,(H,19,20). The molecule has 1 amide bonds. The first-order valence-electron chi connectivity index (χ1n) is 7.67. The Hall–Kier alpha value is -1.55. The second-order valence-corrected chi connectivity index (χ2v) is 5.81. The Morgan fingerprint density at radius 2 is 2.00 bits per heavy atom. The summed E-state index contributed by atoms with van der Waals surface area (Å²) in [5.74, 6) is 1.15. The van der Waals surface area contributed by atoms with Crippen molar-refractivity contribution in [1.82, 2.24) is 10.6 Å². The predicted molar refractivity (Wildman–Crippen MR) is 86.6 cm³/mol. The molecule has 0 radical (unpaired) electrons. The minimum absolute atomic E-state index is 0.0576. The lowest BCUT2D eigenvalue weighted by atomic mass is 10.0. The summed E-state index contributed by atoms with van der Waals surface area (Å²) < 4.78 is 5.73. The van der Waals surface area contributed by atoms with Crippen LogP contribution in [-0.4, -0.2) is 25.6 Å². The van der Waals surface area contributed by atoms with Gasteiger partial charge >= 0.3 is 0 Å². The lowest BCUT2D eigenvalue weighted by Crippen LogP contribution is -2.32. The minimum Gasteiger partial charge on any atom is -0.483 e. The molecule has 21 heavy (non-hydrogen) atoms. The van der Waals surface area contributed by atoms with Gasteiger partial charge in [-0.1, -0.05) is 32.9 Å². The van der Waals surface area contributed by atoms with E-state index in [4.69, 9.17) is 4.74 Å². The van der Waals surface area contributed by atoms with E-state index < -0.39 is 0 Å². The van der Waals surface area contributed by atoms with Crippen LogP contribution in [0.1, 0.15) is 44.9 Å². The molecule has 118 valence electrons. The summed E-state index contributed by atoms with van der Waals surface area (Å²) in [6.45, 7) is 12.0. The zero-order chi connectivity index (χ0) is 15.8. The third kappa shape index (κ3) is 6.17. The van der Waals surface area contributed by atoms with Crippen LogP contribution in [0.5, 0.6) is 5.75 Å². The van der Waals surface area contributed by atoms with Crippen LogP contribution in [0, 0.1) is 12.8 Å². The van der Waals surface area contributed by atoms with Crippen LogP contribution in [0.15, 0.2) is 18.2 Å². The molecular weight excluding hydrogens is 264 g/mol. The van der Waals surface area contributed by atoms with Crippen molar-refractivity contribution >= 4 is 5.91 Å². The van der Waals surface area contributed by atoms with Crippen molar-refractivity contribution in [2.24, 2.45) is 5.92 Å². The number of ether oxygens (including phenoxy) is 1. The predicted octanol–water partition coefficient (Wildman–Crippen LogP) is 2.82. The average Bonchev–Trinajstić information content (AvgIpc) is 2.43. The second-order valence-electron chi connectivity index (χ2n) is 5.81. The number of aryl methyl sites for hydroxylation is 1. The zero-order valence-electron chi connectivity index (χ0n) is 13.8. The largest absolute Gasteiger partial charge is 0.483 e. The van der Waals surface area contributed by atoms with E-state index in [1.54, 1.807) is 0 Å². The Labute approximate surface area is 128 Å². The molecule has 4 nitrogen and oxygen atoms in total. The first-order chi connectivity index (χ1) is 9.93. The van der Waals surface area contributed by atoms with Gasteiger partial charge in [0.05, 0.1) is 0 Å². The van der Waals surface area contributed by atoms with Crippen LogP contribution in [0.3, 0.4) is 0 Å². The van der Waals surface area contributed by atoms with Crippen LogP contribution in [0.2, 0.25) is 0 Å². The van der Waals surface area contributed by atoms with Gasteiger partial charge in [0, 0.05) is 18.2 Å². The molecule has 0 fully saturated rings. The molecule has 0 spiro atoms. The zero-order valence-corrected chi connectivity index (χ0v) is 13.8. The molecule has 2 N–H and O–H groups in total. The molecule has 0 saturated heterocycles. The summed E-state index contributed by atoms with van der Waals surface area (Å²) in [7, 11) is 0. The van der Waals surface area contributed by atoms with E-state index in [1.807, 2.05) is 13.0 Å². The van der Waals surface area contributed by atoms with Gasteiger partial charge in [0.2, 0.25) is 0 Å². The molecule has 1 aromatic carbocycles. The molecule has 1 atom stereocenters. The number of carbonyl (C=O) groups excluding carboxylic acids is 1. The van der Waals surface area contributed by atoms with E-state index in [-0.39, 0.29) is 18.6 Å². The van der Waals surface area contributed by atoms with Crippen molar-refractivity contribution < 1.29 is 9.53 Å². The molecule has 0 saturated carbocycles.